The smallest absolute Gasteiger partial charge is 0.0368 e. The molecule has 0 nitrogen and oxygen atoms in total. The Hall–Kier alpha value is 0.914. The van der Waals surface area contributed by atoms with E-state index in [4.69, 9.17) is 0 Å². The second-order valence-electron chi connectivity index (χ2n) is 8.28. The zero-order valence-electron chi connectivity index (χ0n) is 15.0. The zero-order valence-corrected chi connectivity index (χ0v) is 18.9. The summed E-state index contributed by atoms with van der Waals surface area (Å²) in [5.41, 5.74) is 0. The van der Waals surface area contributed by atoms with Crippen molar-refractivity contribution in [1.82, 2.24) is 0 Å². The summed E-state index contributed by atoms with van der Waals surface area (Å²) < 4.78 is 0. The van der Waals surface area contributed by atoms with Crippen LogP contribution in [0, 0.1) is 5.92 Å². The lowest BCUT2D eigenvalue weighted by Gasteiger charge is -2.28. The van der Waals surface area contributed by atoms with Gasteiger partial charge in [0.2, 0.25) is 0 Å². The Kier molecular flexibility index (Phi) is 10.0. The molecule has 0 aromatic carbocycles. The standard InChI is InChI=1S/C19H39BrSi2/c1-2-3-5-12-21-14-8-18(9-15-21)7-4-6-13-22-16-10-19(20)11-17-22/h18-19,21-22H,2-17H2,1H3. The minimum Gasteiger partial charge on any atom is -0.0891 e. The Bertz CT molecular complexity index is 269. The van der Waals surface area contributed by atoms with Gasteiger partial charge in [-0.2, -0.15) is 0 Å². The van der Waals surface area contributed by atoms with Gasteiger partial charge in [0.25, 0.3) is 0 Å². The van der Waals surface area contributed by atoms with E-state index in [2.05, 4.69) is 22.9 Å². The summed E-state index contributed by atoms with van der Waals surface area (Å²) in [7, 11) is -0.553. The van der Waals surface area contributed by atoms with Crippen molar-refractivity contribution in [3.63, 3.8) is 0 Å². The average Bonchev–Trinajstić information content (AvgIpc) is 2.55. The number of hydrogen-bond acceptors (Lipinski definition) is 0. The predicted molar refractivity (Wildman–Crippen MR) is 111 cm³/mol. The molecule has 0 aromatic rings. The lowest BCUT2D eigenvalue weighted by atomic mass is 9.96. The molecule has 2 rings (SSSR count). The molecular formula is C19H39BrSi2. The van der Waals surface area contributed by atoms with Gasteiger partial charge in [0, 0.05) is 22.4 Å². The van der Waals surface area contributed by atoms with Gasteiger partial charge in [-0.1, -0.05) is 110 Å². The van der Waals surface area contributed by atoms with E-state index in [9.17, 15) is 0 Å². The molecule has 2 aliphatic rings. The molecule has 2 aliphatic heterocycles. The minimum atomic E-state index is -0.288. The molecule has 0 bridgehead atoms. The Morgan fingerprint density at radius 3 is 1.91 bits per heavy atom. The molecule has 0 spiro atoms. The van der Waals surface area contributed by atoms with E-state index < -0.39 is 0 Å². The summed E-state index contributed by atoms with van der Waals surface area (Å²) in [6.45, 7) is 2.34. The van der Waals surface area contributed by atoms with Gasteiger partial charge in [0.05, 0.1) is 0 Å². The fourth-order valence-electron chi connectivity index (χ4n) is 4.77. The minimum absolute atomic E-state index is 0.264. The van der Waals surface area contributed by atoms with E-state index in [0.717, 1.165) is 10.7 Å². The Labute approximate surface area is 151 Å². The van der Waals surface area contributed by atoms with Gasteiger partial charge in [0.15, 0.2) is 0 Å². The molecule has 0 aromatic heterocycles. The molecule has 0 radical (unpaired) electrons. The molecular weight excluding hydrogens is 364 g/mol. The van der Waals surface area contributed by atoms with E-state index in [1.807, 2.05) is 0 Å². The van der Waals surface area contributed by atoms with Crippen molar-refractivity contribution in [2.45, 2.75) is 112 Å². The molecule has 3 heteroatoms. The number of rotatable bonds is 9. The Morgan fingerprint density at radius 2 is 1.32 bits per heavy atom. The maximum Gasteiger partial charge on any atom is 0.0368 e. The van der Waals surface area contributed by atoms with Crippen molar-refractivity contribution in [3.8, 4) is 0 Å². The Morgan fingerprint density at radius 1 is 0.773 bits per heavy atom. The summed E-state index contributed by atoms with van der Waals surface area (Å²) >= 11 is 3.80. The highest BCUT2D eigenvalue weighted by Crippen LogP contribution is 2.32. The third kappa shape index (κ3) is 7.66. The molecule has 130 valence electrons. The van der Waals surface area contributed by atoms with Gasteiger partial charge in [-0.25, -0.2) is 0 Å². The maximum atomic E-state index is 3.80. The van der Waals surface area contributed by atoms with Crippen LogP contribution in [0.5, 0.6) is 0 Å². The molecule has 22 heavy (non-hydrogen) atoms. The second kappa shape index (κ2) is 11.5. The van der Waals surface area contributed by atoms with Crippen LogP contribution in [-0.4, -0.2) is 22.4 Å². The van der Waals surface area contributed by atoms with Crippen molar-refractivity contribution in [2.24, 2.45) is 5.92 Å². The van der Waals surface area contributed by atoms with Crippen molar-refractivity contribution >= 4 is 33.5 Å². The van der Waals surface area contributed by atoms with Crippen LogP contribution in [0.1, 0.15) is 71.1 Å². The highest BCUT2D eigenvalue weighted by molar-refractivity contribution is 9.09. The van der Waals surface area contributed by atoms with Crippen molar-refractivity contribution in [3.05, 3.63) is 0 Å². The largest absolute Gasteiger partial charge is 0.0891 e. The number of halogens is 1. The monoisotopic (exact) mass is 402 g/mol. The van der Waals surface area contributed by atoms with Crippen LogP contribution in [0.4, 0.5) is 0 Å². The molecule has 2 saturated heterocycles. The van der Waals surface area contributed by atoms with E-state index >= 15 is 0 Å². The fraction of sp³-hybridized carbons (Fsp3) is 1.00. The van der Waals surface area contributed by atoms with Crippen LogP contribution < -0.4 is 0 Å². The zero-order chi connectivity index (χ0) is 15.6. The van der Waals surface area contributed by atoms with Crippen LogP contribution in [0.15, 0.2) is 0 Å². The molecule has 0 unspecified atom stereocenters. The van der Waals surface area contributed by atoms with Gasteiger partial charge in [-0.3, -0.25) is 0 Å². The molecule has 0 N–H and O–H groups in total. The average molecular weight is 404 g/mol. The van der Waals surface area contributed by atoms with Gasteiger partial charge in [0.1, 0.15) is 0 Å². The summed E-state index contributed by atoms with van der Waals surface area (Å²) in [5.74, 6) is 1.13. The summed E-state index contributed by atoms with van der Waals surface area (Å²) in [6.07, 6.45) is 15.4. The molecule has 2 fully saturated rings. The first-order valence-corrected chi connectivity index (χ1v) is 16.2. The van der Waals surface area contributed by atoms with Crippen LogP contribution in [-0.2, 0) is 0 Å². The van der Waals surface area contributed by atoms with E-state index in [1.54, 1.807) is 74.8 Å². The second-order valence-corrected chi connectivity index (χ2v) is 16.5. The van der Waals surface area contributed by atoms with E-state index in [1.165, 1.54) is 25.7 Å². The van der Waals surface area contributed by atoms with Gasteiger partial charge in [-0.15, -0.1) is 0 Å². The number of unbranched alkanes of at least 4 members (excludes halogenated alkanes) is 3. The normalized spacial score (nSPS) is 33.0. The van der Waals surface area contributed by atoms with Crippen molar-refractivity contribution < 1.29 is 0 Å². The van der Waals surface area contributed by atoms with Crippen molar-refractivity contribution in [1.29, 1.82) is 0 Å². The summed E-state index contributed by atoms with van der Waals surface area (Å²) in [4.78, 5) is 0.868. The highest BCUT2D eigenvalue weighted by Gasteiger charge is 2.22. The van der Waals surface area contributed by atoms with E-state index in [0.29, 0.717) is 0 Å². The topological polar surface area (TPSA) is 0 Å². The highest BCUT2D eigenvalue weighted by atomic mass is 79.9. The SMILES string of the molecule is CCCCC[SiH]1CCC(CCCC[SiH]2CCC(Br)CC2)CC1. The van der Waals surface area contributed by atoms with Crippen LogP contribution >= 0.6 is 15.9 Å². The molecule has 0 amide bonds. The summed E-state index contributed by atoms with van der Waals surface area (Å²) in [6, 6.07) is 9.98. The van der Waals surface area contributed by atoms with Crippen LogP contribution in [0.3, 0.4) is 0 Å². The lowest BCUT2D eigenvalue weighted by molar-refractivity contribution is 0.421. The quantitative estimate of drug-likeness (QED) is 0.226. The molecule has 2 heterocycles. The maximum absolute atomic E-state index is 3.80. The van der Waals surface area contributed by atoms with Crippen LogP contribution in [0.2, 0.25) is 36.3 Å². The molecule has 0 saturated carbocycles. The van der Waals surface area contributed by atoms with Crippen molar-refractivity contribution in [2.75, 3.05) is 0 Å². The first-order valence-electron chi connectivity index (χ1n) is 10.4. The van der Waals surface area contributed by atoms with Crippen LogP contribution in [0.25, 0.3) is 0 Å². The predicted octanol–water partition coefficient (Wildman–Crippen LogP) is 6.77. The number of hydrogen-bond donors (Lipinski definition) is 0. The third-order valence-electron chi connectivity index (χ3n) is 6.43. The number of alkyl halides is 1. The molecule has 0 atom stereocenters. The fourth-order valence-corrected chi connectivity index (χ4v) is 13.4. The Balaban J connectivity index is 1.45. The van der Waals surface area contributed by atoms with E-state index in [-0.39, 0.29) is 17.6 Å². The third-order valence-corrected chi connectivity index (χ3v) is 14.4. The summed E-state index contributed by atoms with van der Waals surface area (Å²) in [5, 5.41) is 0. The first kappa shape index (κ1) is 19.2. The van der Waals surface area contributed by atoms with Gasteiger partial charge < -0.3 is 0 Å². The van der Waals surface area contributed by atoms with Gasteiger partial charge >= 0.3 is 0 Å². The molecule has 0 aliphatic carbocycles. The van der Waals surface area contributed by atoms with Gasteiger partial charge in [-0.05, 0) is 18.8 Å². The first-order chi connectivity index (χ1) is 10.8. The lowest BCUT2D eigenvalue weighted by Crippen LogP contribution is -2.22.